The van der Waals surface area contributed by atoms with Gasteiger partial charge in [0, 0.05) is 207 Å². The molecule has 2 aromatic carbocycles. The quantitative estimate of drug-likeness (QED) is 0.0603. The minimum Gasteiger partial charge on any atom is -0.480 e. The molecule has 6 unspecified atom stereocenters. The molecule has 9 saturated heterocycles. The van der Waals surface area contributed by atoms with Crippen molar-refractivity contribution in [2.45, 2.75) is 143 Å². The van der Waals surface area contributed by atoms with Crippen molar-refractivity contribution >= 4 is 40.4 Å². The number of hydrogen-bond donors (Lipinski definition) is 3. The molecule has 29 heteroatoms. The molecule has 6 atom stereocenters. The number of halogens is 2. The maximum Gasteiger partial charge on any atom is 0.232 e. The lowest BCUT2D eigenvalue weighted by molar-refractivity contribution is -0.00877. The van der Waals surface area contributed by atoms with Gasteiger partial charge < -0.3 is 19.4 Å². The summed E-state index contributed by atoms with van der Waals surface area (Å²) in [4.78, 5) is 67.9. The van der Waals surface area contributed by atoms with Gasteiger partial charge >= 0.3 is 0 Å². The highest BCUT2D eigenvalue weighted by atomic mass is 35.5. The first-order chi connectivity index (χ1) is 56.9. The average molecular weight is 1600 g/mol. The second-order valence-electron chi connectivity index (χ2n) is 31.8. The number of hydrogen-bond acceptors (Lipinski definition) is 23. The van der Waals surface area contributed by atoms with Gasteiger partial charge in [0.15, 0.2) is 23.3 Å². The Morgan fingerprint density at radius 2 is 0.812 bits per heavy atom. The highest BCUT2D eigenvalue weighted by Gasteiger charge is 2.47. The van der Waals surface area contributed by atoms with Gasteiger partial charge in [0.1, 0.15) is 27.5 Å². The molecule has 26 nitrogen and oxygen atoms in total. The molecular formula is C88H91ClFN25OS. The third-order valence-corrected chi connectivity index (χ3v) is 24.1. The lowest BCUT2D eigenvalue weighted by Gasteiger charge is -2.56. The number of benzene rings is 2. The van der Waals surface area contributed by atoms with Crippen LogP contribution in [0.2, 0.25) is 5.02 Å². The topological polar surface area (TPSA) is 274 Å². The van der Waals surface area contributed by atoms with Crippen molar-refractivity contribution in [1.29, 1.82) is 0 Å². The first-order valence-electron chi connectivity index (χ1n) is 39.9. The summed E-state index contributed by atoms with van der Waals surface area (Å²) in [7, 11) is 1.58. The van der Waals surface area contributed by atoms with Crippen LogP contribution >= 0.6 is 22.9 Å². The van der Waals surface area contributed by atoms with Crippen molar-refractivity contribution in [1.82, 2.24) is 110 Å². The van der Waals surface area contributed by atoms with E-state index in [1.165, 1.54) is 53.2 Å². The van der Waals surface area contributed by atoms with Gasteiger partial charge in [0.2, 0.25) is 5.88 Å². The van der Waals surface area contributed by atoms with E-state index in [0.29, 0.717) is 83.9 Å². The minimum absolute atomic E-state index is 0.333. The molecule has 594 valence electrons. The highest BCUT2D eigenvalue weighted by molar-refractivity contribution is 7.14. The molecular weight excluding hydrogens is 1510 g/mol. The van der Waals surface area contributed by atoms with Crippen LogP contribution in [0.25, 0.3) is 50.4 Å². The summed E-state index contributed by atoms with van der Waals surface area (Å²) in [5, 5.41) is 27.7. The number of thiazole rings is 1. The van der Waals surface area contributed by atoms with Gasteiger partial charge in [-0.05, 0) is 175 Å². The lowest BCUT2D eigenvalue weighted by Crippen LogP contribution is -2.68. The molecule has 0 radical (unpaired) electrons. The smallest absolute Gasteiger partial charge is 0.232 e. The second kappa shape index (κ2) is 33.0. The zero-order chi connectivity index (χ0) is 80.0. The Balaban J connectivity index is 0.000000121. The number of ether oxygens (including phenoxy) is 1. The minimum atomic E-state index is -0.333. The van der Waals surface area contributed by atoms with Crippen LogP contribution < -0.4 is 19.4 Å². The van der Waals surface area contributed by atoms with Crippen LogP contribution in [0.4, 0.5) is 21.8 Å². The molecule has 0 aliphatic carbocycles. The predicted molar refractivity (Wildman–Crippen MR) is 450 cm³/mol. The van der Waals surface area contributed by atoms with Gasteiger partial charge in [0.05, 0.1) is 59.4 Å². The Hall–Kier alpha value is -12.0. The van der Waals surface area contributed by atoms with Gasteiger partial charge in [-0.2, -0.15) is 20.4 Å². The summed E-state index contributed by atoms with van der Waals surface area (Å²) in [5.41, 5.74) is 20.3. The second-order valence-corrected chi connectivity index (χ2v) is 33.4. The van der Waals surface area contributed by atoms with Gasteiger partial charge in [-0.15, -0.1) is 11.3 Å². The van der Waals surface area contributed by atoms with Crippen molar-refractivity contribution in [3.05, 3.63) is 272 Å². The Bertz CT molecular complexity index is 5550. The molecule has 0 amide bonds. The van der Waals surface area contributed by atoms with Crippen molar-refractivity contribution < 1.29 is 9.13 Å². The van der Waals surface area contributed by atoms with E-state index in [1.54, 1.807) is 23.1 Å². The normalized spacial score (nSPS) is 18.8. The van der Waals surface area contributed by atoms with Crippen LogP contribution in [0.3, 0.4) is 0 Å². The van der Waals surface area contributed by atoms with E-state index >= 15 is 0 Å². The van der Waals surface area contributed by atoms with E-state index in [9.17, 15) is 4.39 Å². The summed E-state index contributed by atoms with van der Waals surface area (Å²) < 4.78 is 20.0. The Labute approximate surface area is 687 Å². The van der Waals surface area contributed by atoms with E-state index in [-0.39, 0.29) is 5.82 Å². The van der Waals surface area contributed by atoms with Gasteiger partial charge in [0.25, 0.3) is 0 Å². The van der Waals surface area contributed by atoms with Gasteiger partial charge in [-0.1, -0.05) is 48.0 Å². The number of nitrogens with zero attached hydrogens (tertiary/aromatic N) is 22. The zero-order valence-corrected chi connectivity index (χ0v) is 68.2. The van der Waals surface area contributed by atoms with Crippen LogP contribution in [0.15, 0.2) is 171 Å². The number of piperidine rings is 3. The third-order valence-electron chi connectivity index (χ3n) is 22.8. The number of anilines is 3. The Morgan fingerprint density at radius 3 is 1.15 bits per heavy atom. The van der Waals surface area contributed by atoms with E-state index in [2.05, 4.69) is 176 Å². The number of pyridine rings is 4. The number of aromatic amines is 3. The highest BCUT2D eigenvalue weighted by Crippen LogP contribution is 2.40. The summed E-state index contributed by atoms with van der Waals surface area (Å²) in [6, 6.07) is 46.9. The molecule has 12 aromatic heterocycles. The molecule has 9 aliphatic rings. The molecule has 9 fully saturated rings. The molecule has 23 rings (SSSR count). The Kier molecular flexibility index (Phi) is 21.5. The number of nitrogens with one attached hydrogen (secondary N) is 3. The maximum absolute atomic E-state index is 13.3. The van der Waals surface area contributed by atoms with E-state index in [0.717, 1.165) is 178 Å². The third kappa shape index (κ3) is 17.3. The van der Waals surface area contributed by atoms with Crippen molar-refractivity contribution in [3.8, 4) is 56.3 Å². The molecule has 6 bridgehead atoms. The lowest BCUT2D eigenvalue weighted by atomic mass is 9.86. The fourth-order valence-corrected chi connectivity index (χ4v) is 18.1. The van der Waals surface area contributed by atoms with Crippen molar-refractivity contribution in [2.24, 2.45) is 0 Å². The standard InChI is InChI=1S/C31H32N8S.C30H30FN9.C27H29ClN8O/c1-19-10-25(12-26-11-20(2)36-37-26)35-30(34-19)24-8-9-29(32-15-24)38-17-27-13-28(18-38)39(27)16-22-4-6-23(7-5-22)31-33-14-21(3)40-31;1-19-9-24(11-25-10-20(2)36-37-25)35-30(34-19)22-5-8-29(32-13-22)38-17-27-12-28(18-38)39(27)15-21-3-6-26(7-4-21)40-16-23(31)14-33-40;1-16-6-20(9-21-7-17(2)33-34-21)32-26(31-16)19-4-5-25(29-12-19)35-14-22-10-23(15-35)36(22)13-18-8-24(28)27(37-3)30-11-18/h4-11,14-15,27-28H,12-13,16-18H2,1-3H3,(H,36,37);3-10,13-14,16,27-28H,11-12,15,17-18H2,1-2H3,(H,36,37);4-8,11-12,22-23H,9-10,13-15H2,1-3H3,(H,33,34). The fraction of sp³-hybridized carbons (Fsp3) is 0.330. The van der Waals surface area contributed by atoms with Crippen molar-refractivity contribution in [2.75, 3.05) is 61.1 Å². The Morgan fingerprint density at radius 1 is 0.419 bits per heavy atom. The maximum atomic E-state index is 13.3. The van der Waals surface area contributed by atoms with E-state index < -0.39 is 0 Å². The van der Waals surface area contributed by atoms with Crippen LogP contribution in [0, 0.1) is 54.3 Å². The fourth-order valence-electron chi connectivity index (χ4n) is 17.1. The van der Waals surface area contributed by atoms with Crippen LogP contribution in [0.5, 0.6) is 5.88 Å². The monoisotopic (exact) mass is 1600 g/mol. The average Bonchev–Trinajstić information content (AvgIpc) is 1.21. The molecule has 0 saturated carbocycles. The molecule has 0 spiro atoms. The molecule has 21 heterocycles. The number of fused-ring (bicyclic) bond motifs is 6. The summed E-state index contributed by atoms with van der Waals surface area (Å²) in [6.45, 7) is 22.7. The SMILES string of the molecule is COc1ncc(CN2C3CC2CN(c2ccc(-c4nc(C)cc(Cc5cc(C)[nH]n5)n4)cn2)C3)cc1Cl.Cc1cc(Cc2cc(C)[nH]n2)nc(-c2ccc(N3CC4CC(C3)N4Cc3ccc(-c4ncc(C)s4)cc3)nc2)n1.Cc1cc(Cc2cc(C)[nH]n2)nc(-c2ccc(N3CC4CC(C3)N4Cc3ccc(-n4cc(F)cn4)cc3)nc2)n1. The van der Waals surface area contributed by atoms with Crippen molar-refractivity contribution in [3.63, 3.8) is 0 Å². The molecule has 117 heavy (non-hydrogen) atoms. The number of H-pyrrole nitrogens is 3. The summed E-state index contributed by atoms with van der Waals surface area (Å²) in [5.74, 6) is 5.25. The summed E-state index contributed by atoms with van der Waals surface area (Å²) >= 11 is 8.02. The van der Waals surface area contributed by atoms with E-state index in [4.69, 9.17) is 46.2 Å². The first-order valence-corrected chi connectivity index (χ1v) is 41.1. The largest absolute Gasteiger partial charge is 0.480 e. The van der Waals surface area contributed by atoms with E-state index in [1.807, 2.05) is 121 Å². The van der Waals surface area contributed by atoms with Gasteiger partial charge in [-0.3, -0.25) is 30.0 Å². The molecule has 14 aromatic rings. The number of aryl methyl sites for hydroxylation is 7. The molecule has 3 N–H and O–H groups in total. The van der Waals surface area contributed by atoms with Gasteiger partial charge in [-0.25, -0.2) is 63.9 Å². The summed E-state index contributed by atoms with van der Waals surface area (Å²) in [6.07, 6.45) is 17.8. The number of rotatable bonds is 21. The first kappa shape index (κ1) is 76.3. The van der Waals surface area contributed by atoms with Crippen LogP contribution in [0.1, 0.15) is 109 Å². The number of aromatic nitrogens is 19. The van der Waals surface area contributed by atoms with Crippen LogP contribution in [-0.4, -0.2) is 193 Å². The number of piperazine rings is 3. The zero-order valence-electron chi connectivity index (χ0n) is 66.6. The van der Waals surface area contributed by atoms with Crippen LogP contribution in [-0.2, 0) is 38.9 Å². The molecule has 9 aliphatic heterocycles. The predicted octanol–water partition coefficient (Wildman–Crippen LogP) is 13.6. The number of methoxy groups -OCH3 is 1.